The number of nitrogens with one attached hydrogen (secondary N) is 2. The number of rotatable bonds is 3. The summed E-state index contributed by atoms with van der Waals surface area (Å²) in [5.74, 6) is 0.531. The van der Waals surface area contributed by atoms with Gasteiger partial charge in [0.25, 0.3) is 5.91 Å². The molecule has 5 heterocycles. The van der Waals surface area contributed by atoms with E-state index in [0.717, 1.165) is 37.3 Å². The summed E-state index contributed by atoms with van der Waals surface area (Å²) in [5.41, 5.74) is 1.50. The zero-order valence-corrected chi connectivity index (χ0v) is 19.8. The molecule has 2 fully saturated rings. The van der Waals surface area contributed by atoms with Crippen LogP contribution in [0.2, 0.25) is 0 Å². The minimum absolute atomic E-state index is 0.0665. The van der Waals surface area contributed by atoms with Gasteiger partial charge in [-0.2, -0.15) is 5.10 Å². The molecule has 9 nitrogen and oxygen atoms in total. The highest BCUT2D eigenvalue weighted by Gasteiger charge is 2.48. The van der Waals surface area contributed by atoms with E-state index >= 15 is 0 Å². The van der Waals surface area contributed by atoms with Gasteiger partial charge in [-0.05, 0) is 51.3 Å². The van der Waals surface area contributed by atoms with Gasteiger partial charge >= 0.3 is 6.03 Å². The number of H-pyrrole nitrogens is 1. The van der Waals surface area contributed by atoms with Crippen LogP contribution in [-0.4, -0.2) is 73.5 Å². The summed E-state index contributed by atoms with van der Waals surface area (Å²) < 4.78 is 0. The van der Waals surface area contributed by atoms with E-state index < -0.39 is 5.54 Å². The Morgan fingerprint density at radius 1 is 1.24 bits per heavy atom. The van der Waals surface area contributed by atoms with Crippen LogP contribution in [0.15, 0.2) is 24.4 Å². The molecule has 2 N–H and O–H groups in total. The standard InChI is InChI=1S/C24H33N7O2/c1-15(2)19-14-29-11-7-8-16(29)12-30(19)23(33)31-13-17-20(24(31,3)4)27-28-21(17)26-22(32)18-9-5-6-10-25-18/h5-6,9-10,15-16,19H,7-8,11-14H2,1-4H3,(H2,26,27,28,32)/t16-,19+/m0/s1. The first-order valence-electron chi connectivity index (χ1n) is 11.9. The lowest BCUT2D eigenvalue weighted by atomic mass is 9.97. The van der Waals surface area contributed by atoms with Gasteiger partial charge in [0.1, 0.15) is 5.69 Å². The molecule has 0 bridgehead atoms. The van der Waals surface area contributed by atoms with Crippen LogP contribution < -0.4 is 5.32 Å². The molecule has 3 aliphatic rings. The second-order valence-electron chi connectivity index (χ2n) is 10.3. The number of pyridine rings is 1. The highest BCUT2D eigenvalue weighted by atomic mass is 16.2. The van der Waals surface area contributed by atoms with E-state index in [-0.39, 0.29) is 18.0 Å². The van der Waals surface area contributed by atoms with E-state index in [2.05, 4.69) is 44.1 Å². The fraction of sp³-hybridized carbons (Fsp3) is 0.583. The summed E-state index contributed by atoms with van der Waals surface area (Å²) in [7, 11) is 0. The number of amides is 3. The van der Waals surface area contributed by atoms with Crippen molar-refractivity contribution < 1.29 is 9.59 Å². The van der Waals surface area contributed by atoms with Gasteiger partial charge in [-0.15, -0.1) is 0 Å². The van der Waals surface area contributed by atoms with Crippen LogP contribution >= 0.6 is 0 Å². The molecule has 3 amide bonds. The third-order valence-corrected chi connectivity index (χ3v) is 7.57. The average molecular weight is 452 g/mol. The second kappa shape index (κ2) is 8.13. The van der Waals surface area contributed by atoms with E-state index in [1.54, 1.807) is 24.4 Å². The van der Waals surface area contributed by atoms with Gasteiger partial charge in [0.05, 0.1) is 17.8 Å². The second-order valence-corrected chi connectivity index (χ2v) is 10.3. The molecule has 33 heavy (non-hydrogen) atoms. The summed E-state index contributed by atoms with van der Waals surface area (Å²) >= 11 is 0. The summed E-state index contributed by atoms with van der Waals surface area (Å²) in [5, 5.41) is 10.3. The fourth-order valence-electron chi connectivity index (χ4n) is 5.58. The molecule has 2 aromatic rings. The molecule has 0 spiro atoms. The third kappa shape index (κ3) is 3.68. The van der Waals surface area contributed by atoms with Crippen LogP contribution in [0.1, 0.15) is 62.3 Å². The molecule has 9 heteroatoms. The zero-order chi connectivity index (χ0) is 23.3. The van der Waals surface area contributed by atoms with Crippen molar-refractivity contribution in [2.45, 2.75) is 64.7 Å². The summed E-state index contributed by atoms with van der Waals surface area (Å²) in [6, 6.07) is 5.93. The molecule has 5 rings (SSSR count). The lowest BCUT2D eigenvalue weighted by Gasteiger charge is -2.48. The first kappa shape index (κ1) is 21.9. The van der Waals surface area contributed by atoms with Gasteiger partial charge < -0.3 is 15.1 Å². The Morgan fingerprint density at radius 2 is 2.06 bits per heavy atom. The van der Waals surface area contributed by atoms with Gasteiger partial charge in [-0.1, -0.05) is 19.9 Å². The van der Waals surface area contributed by atoms with Crippen molar-refractivity contribution in [3.05, 3.63) is 41.3 Å². The number of carbonyl (C=O) groups excluding carboxylic acids is 2. The first-order chi connectivity index (χ1) is 15.8. The van der Waals surface area contributed by atoms with Crippen molar-refractivity contribution in [1.29, 1.82) is 0 Å². The molecule has 0 radical (unpaired) electrons. The molecule has 2 saturated heterocycles. The normalized spacial score (nSPS) is 24.2. The Hall–Kier alpha value is -2.94. The monoisotopic (exact) mass is 451 g/mol. The smallest absolute Gasteiger partial charge is 0.319 e. The van der Waals surface area contributed by atoms with E-state index in [1.165, 1.54) is 6.42 Å². The molecular formula is C24H33N7O2. The van der Waals surface area contributed by atoms with Crippen LogP contribution in [-0.2, 0) is 12.1 Å². The Kier molecular flexibility index (Phi) is 5.39. The Morgan fingerprint density at radius 3 is 2.79 bits per heavy atom. The van der Waals surface area contributed by atoms with Crippen LogP contribution in [0, 0.1) is 5.92 Å². The largest absolute Gasteiger partial charge is 0.321 e. The molecule has 0 saturated carbocycles. The Labute approximate surface area is 194 Å². The van der Waals surface area contributed by atoms with E-state index in [1.807, 2.05) is 18.7 Å². The number of fused-ring (bicyclic) bond motifs is 2. The number of hydrogen-bond acceptors (Lipinski definition) is 5. The van der Waals surface area contributed by atoms with Crippen molar-refractivity contribution in [2.24, 2.45) is 5.92 Å². The lowest BCUT2D eigenvalue weighted by molar-refractivity contribution is 0.0252. The molecule has 3 aliphatic heterocycles. The minimum atomic E-state index is -0.554. The zero-order valence-electron chi connectivity index (χ0n) is 19.8. The highest BCUT2D eigenvalue weighted by molar-refractivity contribution is 6.02. The van der Waals surface area contributed by atoms with Crippen molar-refractivity contribution in [3.8, 4) is 0 Å². The van der Waals surface area contributed by atoms with Gasteiger partial charge in [0, 0.05) is 36.9 Å². The lowest BCUT2D eigenvalue weighted by Crippen LogP contribution is -2.62. The maximum Gasteiger partial charge on any atom is 0.321 e. The molecular weight excluding hydrogens is 418 g/mol. The van der Waals surface area contributed by atoms with Crippen LogP contribution in [0.5, 0.6) is 0 Å². The number of urea groups is 1. The highest BCUT2D eigenvalue weighted by Crippen LogP contribution is 2.42. The number of carbonyl (C=O) groups is 2. The summed E-state index contributed by atoms with van der Waals surface area (Å²) in [6.07, 6.45) is 3.95. The van der Waals surface area contributed by atoms with Crippen LogP contribution in [0.4, 0.5) is 10.6 Å². The maximum absolute atomic E-state index is 13.9. The predicted molar refractivity (Wildman–Crippen MR) is 125 cm³/mol. The molecule has 0 aromatic carbocycles. The number of aromatic nitrogens is 3. The third-order valence-electron chi connectivity index (χ3n) is 7.57. The Bertz CT molecular complexity index is 1050. The minimum Gasteiger partial charge on any atom is -0.319 e. The maximum atomic E-state index is 13.9. The fourth-order valence-corrected chi connectivity index (χ4v) is 5.58. The van der Waals surface area contributed by atoms with Crippen molar-refractivity contribution in [2.75, 3.05) is 25.0 Å². The van der Waals surface area contributed by atoms with Crippen molar-refractivity contribution >= 4 is 17.8 Å². The van der Waals surface area contributed by atoms with Gasteiger partial charge in [-0.3, -0.25) is 19.8 Å². The number of nitrogens with zero attached hydrogens (tertiary/aromatic N) is 5. The molecule has 176 valence electrons. The molecule has 0 aliphatic carbocycles. The van der Waals surface area contributed by atoms with Crippen LogP contribution in [0.3, 0.4) is 0 Å². The quantitative estimate of drug-likeness (QED) is 0.748. The average Bonchev–Trinajstić information content (AvgIpc) is 3.49. The van der Waals surface area contributed by atoms with Gasteiger partial charge in [0.15, 0.2) is 5.82 Å². The van der Waals surface area contributed by atoms with E-state index in [9.17, 15) is 9.59 Å². The van der Waals surface area contributed by atoms with Crippen molar-refractivity contribution in [1.82, 2.24) is 29.9 Å². The SMILES string of the molecule is CC(C)[C@H]1CN2CCC[C@H]2CN1C(=O)N1Cc2c(NC(=O)c3ccccn3)n[nH]c2C1(C)C. The van der Waals surface area contributed by atoms with Crippen LogP contribution in [0.25, 0.3) is 0 Å². The molecule has 0 unspecified atom stereocenters. The molecule has 2 aromatic heterocycles. The van der Waals surface area contributed by atoms with E-state index in [4.69, 9.17) is 0 Å². The number of piperazine rings is 1. The number of hydrogen-bond donors (Lipinski definition) is 2. The van der Waals surface area contributed by atoms with E-state index in [0.29, 0.717) is 30.0 Å². The van der Waals surface area contributed by atoms with Gasteiger partial charge in [-0.25, -0.2) is 4.79 Å². The topological polar surface area (TPSA) is 97.5 Å². The van der Waals surface area contributed by atoms with Gasteiger partial charge in [0.2, 0.25) is 0 Å². The number of aromatic amines is 1. The first-order valence-corrected chi connectivity index (χ1v) is 11.9. The Balaban J connectivity index is 1.38. The summed E-state index contributed by atoms with van der Waals surface area (Å²) in [4.78, 5) is 37.3. The predicted octanol–water partition coefficient (Wildman–Crippen LogP) is 3.03. The van der Waals surface area contributed by atoms with Crippen molar-refractivity contribution in [3.63, 3.8) is 0 Å². The summed E-state index contributed by atoms with van der Waals surface area (Å²) in [6.45, 7) is 11.8. The molecule has 2 atom stereocenters. The number of anilines is 1.